The molecule has 0 saturated heterocycles. The van der Waals surface area contributed by atoms with Crippen molar-refractivity contribution in [1.82, 2.24) is 9.80 Å². The molecule has 18 heavy (non-hydrogen) atoms. The SMILES string of the molecule is CCN(C(=O)N(C)CCCOC)C(C)(C)C(=O)O. The Morgan fingerprint density at radius 3 is 2.28 bits per heavy atom. The third kappa shape index (κ3) is 4.18. The lowest BCUT2D eigenvalue weighted by atomic mass is 10.0. The number of nitrogens with zero attached hydrogens (tertiary/aromatic N) is 2. The highest BCUT2D eigenvalue weighted by Gasteiger charge is 2.37. The molecule has 0 heterocycles. The minimum Gasteiger partial charge on any atom is -0.480 e. The molecule has 6 heteroatoms. The van der Waals surface area contributed by atoms with Gasteiger partial charge in [-0.05, 0) is 27.2 Å². The monoisotopic (exact) mass is 260 g/mol. The smallest absolute Gasteiger partial charge is 0.329 e. The lowest BCUT2D eigenvalue weighted by Gasteiger charge is -2.36. The second-order valence-electron chi connectivity index (χ2n) is 4.66. The summed E-state index contributed by atoms with van der Waals surface area (Å²) >= 11 is 0. The molecular formula is C12H24N2O4. The summed E-state index contributed by atoms with van der Waals surface area (Å²) < 4.78 is 4.92. The molecule has 0 rings (SSSR count). The van der Waals surface area contributed by atoms with Crippen molar-refractivity contribution < 1.29 is 19.4 Å². The maximum absolute atomic E-state index is 12.2. The van der Waals surface area contributed by atoms with E-state index in [9.17, 15) is 9.59 Å². The Bertz CT molecular complexity index is 292. The summed E-state index contributed by atoms with van der Waals surface area (Å²) in [6, 6.07) is -0.277. The minimum absolute atomic E-state index is 0.277. The number of ether oxygens (including phenoxy) is 1. The maximum atomic E-state index is 12.2. The van der Waals surface area contributed by atoms with Crippen LogP contribution in [0.1, 0.15) is 27.2 Å². The lowest BCUT2D eigenvalue weighted by molar-refractivity contribution is -0.147. The fourth-order valence-corrected chi connectivity index (χ4v) is 1.63. The zero-order chi connectivity index (χ0) is 14.3. The molecule has 0 unspecified atom stereocenters. The van der Waals surface area contributed by atoms with Gasteiger partial charge < -0.3 is 19.6 Å². The minimum atomic E-state index is -1.21. The van der Waals surface area contributed by atoms with Crippen molar-refractivity contribution in [2.24, 2.45) is 0 Å². The van der Waals surface area contributed by atoms with Gasteiger partial charge >= 0.3 is 12.0 Å². The third-order valence-corrected chi connectivity index (χ3v) is 2.91. The first kappa shape index (κ1) is 16.7. The Morgan fingerprint density at radius 1 is 1.33 bits per heavy atom. The predicted octanol–water partition coefficient (Wildman–Crippen LogP) is 1.26. The molecule has 0 bridgehead atoms. The van der Waals surface area contributed by atoms with Crippen molar-refractivity contribution in [2.75, 3.05) is 33.9 Å². The molecule has 1 N–H and O–H groups in total. The zero-order valence-electron chi connectivity index (χ0n) is 11.9. The highest BCUT2D eigenvalue weighted by molar-refractivity contribution is 5.85. The number of carboxylic acid groups (broad SMARTS) is 1. The third-order valence-electron chi connectivity index (χ3n) is 2.91. The van der Waals surface area contributed by atoms with E-state index in [2.05, 4.69) is 0 Å². The lowest BCUT2D eigenvalue weighted by Crippen LogP contribution is -2.56. The molecule has 0 spiro atoms. The van der Waals surface area contributed by atoms with E-state index in [1.807, 2.05) is 0 Å². The van der Waals surface area contributed by atoms with Gasteiger partial charge in [0.25, 0.3) is 0 Å². The van der Waals surface area contributed by atoms with Crippen molar-refractivity contribution in [1.29, 1.82) is 0 Å². The largest absolute Gasteiger partial charge is 0.480 e. The summed E-state index contributed by atoms with van der Waals surface area (Å²) in [5, 5.41) is 9.16. The van der Waals surface area contributed by atoms with Gasteiger partial charge in [0.05, 0.1) is 0 Å². The number of carboxylic acids is 1. The molecule has 6 nitrogen and oxygen atoms in total. The summed E-state index contributed by atoms with van der Waals surface area (Å²) in [4.78, 5) is 26.2. The molecule has 2 amide bonds. The molecule has 0 aromatic carbocycles. The van der Waals surface area contributed by atoms with E-state index in [-0.39, 0.29) is 6.03 Å². The number of urea groups is 1. The molecular weight excluding hydrogens is 236 g/mol. The highest BCUT2D eigenvalue weighted by Crippen LogP contribution is 2.16. The van der Waals surface area contributed by atoms with Gasteiger partial charge in [0, 0.05) is 33.9 Å². The van der Waals surface area contributed by atoms with Gasteiger partial charge in [0.2, 0.25) is 0 Å². The van der Waals surface area contributed by atoms with Crippen LogP contribution < -0.4 is 0 Å². The number of hydrogen-bond acceptors (Lipinski definition) is 3. The van der Waals surface area contributed by atoms with E-state index < -0.39 is 11.5 Å². The summed E-state index contributed by atoms with van der Waals surface area (Å²) in [6.07, 6.45) is 0.726. The van der Waals surface area contributed by atoms with Crippen molar-refractivity contribution in [3.05, 3.63) is 0 Å². The number of likely N-dealkylation sites (N-methyl/N-ethyl adjacent to an activating group) is 1. The Labute approximate surface area is 109 Å². The van der Waals surface area contributed by atoms with Gasteiger partial charge in [0.15, 0.2) is 0 Å². The quantitative estimate of drug-likeness (QED) is 0.700. The number of aliphatic carboxylic acids is 1. The van der Waals surface area contributed by atoms with Crippen LogP contribution in [0.3, 0.4) is 0 Å². The maximum Gasteiger partial charge on any atom is 0.329 e. The Kier molecular flexibility index (Phi) is 6.68. The Morgan fingerprint density at radius 2 is 1.89 bits per heavy atom. The summed E-state index contributed by atoms with van der Waals surface area (Å²) in [7, 11) is 3.27. The van der Waals surface area contributed by atoms with Gasteiger partial charge in [0.1, 0.15) is 5.54 Å². The molecule has 0 aliphatic heterocycles. The molecule has 0 fully saturated rings. The first-order valence-corrected chi connectivity index (χ1v) is 6.04. The van der Waals surface area contributed by atoms with Gasteiger partial charge in [-0.2, -0.15) is 0 Å². The summed E-state index contributed by atoms with van der Waals surface area (Å²) in [5.41, 5.74) is -1.21. The fourth-order valence-electron chi connectivity index (χ4n) is 1.63. The average Bonchev–Trinajstić information content (AvgIpc) is 2.29. The van der Waals surface area contributed by atoms with Gasteiger partial charge in [-0.15, -0.1) is 0 Å². The summed E-state index contributed by atoms with van der Waals surface area (Å²) in [6.45, 7) is 6.29. The van der Waals surface area contributed by atoms with Gasteiger partial charge in [-0.3, -0.25) is 0 Å². The fraction of sp³-hybridized carbons (Fsp3) is 0.833. The van der Waals surface area contributed by atoms with Gasteiger partial charge in [-0.1, -0.05) is 0 Å². The van der Waals surface area contributed by atoms with Crippen LogP contribution in [0.4, 0.5) is 4.79 Å². The molecule has 0 aliphatic carbocycles. The molecule has 0 aliphatic rings. The standard InChI is InChI=1S/C12H24N2O4/c1-6-14(12(2,3)10(15)16)11(17)13(4)8-7-9-18-5/h6-9H2,1-5H3,(H,15,16). The van der Waals surface area contributed by atoms with Crippen LogP contribution in [-0.2, 0) is 9.53 Å². The normalized spacial score (nSPS) is 11.2. The van der Waals surface area contributed by atoms with Crippen molar-refractivity contribution in [3.63, 3.8) is 0 Å². The van der Waals surface area contributed by atoms with E-state index in [0.29, 0.717) is 19.7 Å². The molecule has 0 saturated carbocycles. The number of carbonyl (C=O) groups is 2. The van der Waals surface area contributed by atoms with Gasteiger partial charge in [-0.25, -0.2) is 9.59 Å². The van der Waals surface area contributed by atoms with Crippen LogP contribution in [0.15, 0.2) is 0 Å². The second kappa shape index (κ2) is 7.20. The highest BCUT2D eigenvalue weighted by atomic mass is 16.5. The predicted molar refractivity (Wildman–Crippen MR) is 68.6 cm³/mol. The number of methoxy groups -OCH3 is 1. The van der Waals surface area contributed by atoms with Crippen LogP contribution in [0.25, 0.3) is 0 Å². The van der Waals surface area contributed by atoms with Crippen LogP contribution in [0, 0.1) is 0 Å². The van der Waals surface area contributed by atoms with Crippen molar-refractivity contribution in [3.8, 4) is 0 Å². The topological polar surface area (TPSA) is 70.1 Å². The second-order valence-corrected chi connectivity index (χ2v) is 4.66. The molecule has 0 aromatic heterocycles. The van der Waals surface area contributed by atoms with Crippen LogP contribution in [-0.4, -0.2) is 66.3 Å². The molecule has 0 radical (unpaired) electrons. The van der Waals surface area contributed by atoms with Crippen molar-refractivity contribution >= 4 is 12.0 Å². The number of amides is 2. The molecule has 0 atom stereocenters. The van der Waals surface area contributed by atoms with Crippen LogP contribution in [0.2, 0.25) is 0 Å². The average molecular weight is 260 g/mol. The van der Waals surface area contributed by atoms with E-state index in [4.69, 9.17) is 9.84 Å². The summed E-state index contributed by atoms with van der Waals surface area (Å²) in [5.74, 6) is -1.01. The Hall–Kier alpha value is -1.30. The van der Waals surface area contributed by atoms with E-state index >= 15 is 0 Å². The zero-order valence-corrected chi connectivity index (χ0v) is 11.9. The molecule has 106 valence electrons. The molecule has 0 aromatic rings. The van der Waals surface area contributed by atoms with E-state index in [1.165, 1.54) is 23.6 Å². The number of rotatable bonds is 7. The number of hydrogen-bond donors (Lipinski definition) is 1. The first-order chi connectivity index (χ1) is 8.28. The van der Waals surface area contributed by atoms with Crippen molar-refractivity contribution in [2.45, 2.75) is 32.7 Å². The van der Waals surface area contributed by atoms with Crippen LogP contribution in [0.5, 0.6) is 0 Å². The number of carbonyl (C=O) groups excluding carboxylic acids is 1. The van der Waals surface area contributed by atoms with Crippen LogP contribution >= 0.6 is 0 Å². The Balaban J connectivity index is 4.66. The first-order valence-electron chi connectivity index (χ1n) is 6.04. The van der Waals surface area contributed by atoms with E-state index in [1.54, 1.807) is 21.1 Å². The van der Waals surface area contributed by atoms with E-state index in [0.717, 1.165) is 6.42 Å².